The summed E-state index contributed by atoms with van der Waals surface area (Å²) in [4.78, 5) is 4.71. The predicted molar refractivity (Wildman–Crippen MR) is 129 cm³/mol. The molecule has 3 aromatic carbocycles. The Balaban J connectivity index is 1.80. The molecule has 1 nitrogen and oxygen atoms in total. The van der Waals surface area contributed by atoms with Gasteiger partial charge in [-0.3, -0.25) is 4.99 Å². The number of aliphatic imine (C=N–C) groups is 1. The molecule has 0 bridgehead atoms. The van der Waals surface area contributed by atoms with Crippen molar-refractivity contribution in [1.29, 1.82) is 0 Å². The molecular formula is C26H17Br2N. The van der Waals surface area contributed by atoms with Gasteiger partial charge in [-0.1, -0.05) is 92.6 Å². The number of benzene rings is 3. The van der Waals surface area contributed by atoms with Crippen molar-refractivity contribution in [2.24, 2.45) is 4.99 Å². The summed E-state index contributed by atoms with van der Waals surface area (Å²) in [5.41, 5.74) is 6.67. The molecule has 0 amide bonds. The second kappa shape index (κ2) is 7.40. The number of hydrogen-bond donors (Lipinski definition) is 0. The van der Waals surface area contributed by atoms with Crippen LogP contribution in [0.25, 0.3) is 5.57 Å². The molecule has 1 heterocycles. The Morgan fingerprint density at radius 1 is 0.690 bits per heavy atom. The number of rotatable bonds is 2. The van der Waals surface area contributed by atoms with E-state index in [1.165, 1.54) is 22.3 Å². The monoisotopic (exact) mass is 501 g/mol. The Bertz CT molecular complexity index is 1150. The van der Waals surface area contributed by atoms with Crippen molar-refractivity contribution >= 4 is 49.3 Å². The molecule has 0 spiro atoms. The molecule has 0 aromatic heterocycles. The minimum atomic E-state index is -0.394. The standard InChI is InChI=1S/C26H17Br2N/c27-20-11-7-18(8-12-20)26(19-9-13-21(28)14-10-19)16-3-5-22-23-4-1-2-6-25(23)29-17-15-24(22)26/h1-17H. The molecule has 29 heavy (non-hydrogen) atoms. The number of nitrogens with zero attached hydrogens (tertiary/aromatic N) is 1. The Hall–Kier alpha value is -2.49. The van der Waals surface area contributed by atoms with Crippen molar-refractivity contribution in [3.8, 4) is 0 Å². The summed E-state index contributed by atoms with van der Waals surface area (Å²) in [7, 11) is 0. The lowest BCUT2D eigenvalue weighted by atomic mass is 9.64. The summed E-state index contributed by atoms with van der Waals surface area (Å²) < 4.78 is 2.15. The van der Waals surface area contributed by atoms with E-state index in [4.69, 9.17) is 4.99 Å². The highest BCUT2D eigenvalue weighted by Crippen LogP contribution is 2.50. The summed E-state index contributed by atoms with van der Waals surface area (Å²) in [6, 6.07) is 25.6. The molecule has 140 valence electrons. The number of hydrogen-bond acceptors (Lipinski definition) is 1. The van der Waals surface area contributed by atoms with Crippen molar-refractivity contribution in [2.75, 3.05) is 0 Å². The average molecular weight is 503 g/mol. The maximum Gasteiger partial charge on any atom is 0.0708 e. The van der Waals surface area contributed by atoms with Gasteiger partial charge in [-0.2, -0.15) is 0 Å². The fourth-order valence-electron chi connectivity index (χ4n) is 4.24. The van der Waals surface area contributed by atoms with Gasteiger partial charge in [0, 0.05) is 20.7 Å². The van der Waals surface area contributed by atoms with Gasteiger partial charge >= 0.3 is 0 Å². The van der Waals surface area contributed by atoms with Gasteiger partial charge in [0.25, 0.3) is 0 Å². The van der Waals surface area contributed by atoms with Gasteiger partial charge in [0.05, 0.1) is 11.1 Å². The zero-order valence-electron chi connectivity index (χ0n) is 15.5. The molecule has 1 aliphatic heterocycles. The number of halogens is 2. The van der Waals surface area contributed by atoms with Crippen LogP contribution in [0.15, 0.2) is 117 Å². The minimum Gasteiger partial charge on any atom is -0.256 e. The molecule has 3 heteroatoms. The Morgan fingerprint density at radius 2 is 1.31 bits per heavy atom. The summed E-state index contributed by atoms with van der Waals surface area (Å²) in [6.07, 6.45) is 10.8. The lowest BCUT2D eigenvalue weighted by Gasteiger charge is -2.38. The second-order valence-electron chi connectivity index (χ2n) is 7.14. The first kappa shape index (κ1) is 18.5. The zero-order chi connectivity index (χ0) is 19.8. The van der Waals surface area contributed by atoms with E-state index in [9.17, 15) is 0 Å². The summed E-state index contributed by atoms with van der Waals surface area (Å²) >= 11 is 7.17. The molecule has 0 saturated carbocycles. The lowest BCUT2D eigenvalue weighted by molar-refractivity contribution is 0.778. The molecule has 3 aromatic rings. The van der Waals surface area contributed by atoms with E-state index < -0.39 is 5.41 Å². The van der Waals surface area contributed by atoms with Gasteiger partial charge in [0.15, 0.2) is 0 Å². The molecule has 0 N–H and O–H groups in total. The van der Waals surface area contributed by atoms with Crippen molar-refractivity contribution < 1.29 is 0 Å². The van der Waals surface area contributed by atoms with Crippen LogP contribution in [-0.2, 0) is 5.41 Å². The Morgan fingerprint density at radius 3 is 1.97 bits per heavy atom. The van der Waals surface area contributed by atoms with E-state index >= 15 is 0 Å². The number of para-hydroxylation sites is 1. The molecule has 0 atom stereocenters. The van der Waals surface area contributed by atoms with Gasteiger partial charge in [-0.05, 0) is 58.7 Å². The van der Waals surface area contributed by atoms with E-state index in [1.807, 2.05) is 12.3 Å². The predicted octanol–water partition coefficient (Wildman–Crippen LogP) is 7.79. The topological polar surface area (TPSA) is 12.4 Å². The van der Waals surface area contributed by atoms with Crippen LogP contribution in [0.3, 0.4) is 0 Å². The summed E-state index contributed by atoms with van der Waals surface area (Å²) in [5, 5.41) is 0. The Kier molecular flexibility index (Phi) is 4.73. The normalized spacial score (nSPS) is 16.3. The van der Waals surface area contributed by atoms with Crippen molar-refractivity contribution in [1.82, 2.24) is 0 Å². The van der Waals surface area contributed by atoms with E-state index in [0.717, 1.165) is 20.2 Å². The van der Waals surface area contributed by atoms with Crippen LogP contribution in [0, 0.1) is 0 Å². The van der Waals surface area contributed by atoms with Crippen LogP contribution in [0.5, 0.6) is 0 Å². The van der Waals surface area contributed by atoms with Crippen LogP contribution < -0.4 is 0 Å². The van der Waals surface area contributed by atoms with E-state index in [1.54, 1.807) is 0 Å². The second-order valence-corrected chi connectivity index (χ2v) is 8.97. The molecule has 0 unspecified atom stereocenters. The van der Waals surface area contributed by atoms with Gasteiger partial charge in [-0.25, -0.2) is 0 Å². The SMILES string of the molecule is Brc1ccc(C2(c3ccc(Br)cc3)C=CC=C3C2=CC=Nc2ccccc23)cc1. The van der Waals surface area contributed by atoms with E-state index in [-0.39, 0.29) is 0 Å². The highest BCUT2D eigenvalue weighted by Gasteiger charge is 2.39. The quantitative estimate of drug-likeness (QED) is 0.339. The molecule has 5 rings (SSSR count). The molecular weight excluding hydrogens is 486 g/mol. The van der Waals surface area contributed by atoms with Crippen molar-refractivity contribution in [3.63, 3.8) is 0 Å². The number of allylic oxidation sites excluding steroid dienone is 6. The fraction of sp³-hybridized carbons (Fsp3) is 0.0385. The third-order valence-corrected chi connectivity index (χ3v) is 6.63. The summed E-state index contributed by atoms with van der Waals surface area (Å²) in [5.74, 6) is 0. The number of fused-ring (bicyclic) bond motifs is 3. The maximum atomic E-state index is 4.71. The van der Waals surface area contributed by atoms with Gasteiger partial charge in [0.2, 0.25) is 0 Å². The molecule has 0 radical (unpaired) electrons. The van der Waals surface area contributed by atoms with Crippen LogP contribution in [0.2, 0.25) is 0 Å². The average Bonchev–Trinajstić information content (AvgIpc) is 2.94. The molecule has 0 saturated heterocycles. The molecule has 2 aliphatic rings. The highest BCUT2D eigenvalue weighted by atomic mass is 79.9. The largest absolute Gasteiger partial charge is 0.256 e. The van der Waals surface area contributed by atoms with Crippen molar-refractivity contribution in [2.45, 2.75) is 5.41 Å². The zero-order valence-corrected chi connectivity index (χ0v) is 18.7. The minimum absolute atomic E-state index is 0.394. The van der Waals surface area contributed by atoms with Gasteiger partial charge < -0.3 is 0 Å². The van der Waals surface area contributed by atoms with E-state index in [0.29, 0.717) is 0 Å². The van der Waals surface area contributed by atoms with Gasteiger partial charge in [-0.15, -0.1) is 0 Å². The van der Waals surface area contributed by atoms with Gasteiger partial charge in [0.1, 0.15) is 0 Å². The summed E-state index contributed by atoms with van der Waals surface area (Å²) in [6.45, 7) is 0. The third kappa shape index (κ3) is 3.09. The van der Waals surface area contributed by atoms with Crippen molar-refractivity contribution in [3.05, 3.63) is 128 Å². The first-order chi connectivity index (χ1) is 14.2. The van der Waals surface area contributed by atoms with Crippen LogP contribution in [0.4, 0.5) is 5.69 Å². The van der Waals surface area contributed by atoms with Crippen LogP contribution in [0.1, 0.15) is 16.7 Å². The lowest BCUT2D eigenvalue weighted by Crippen LogP contribution is -2.30. The maximum absolute atomic E-state index is 4.71. The van der Waals surface area contributed by atoms with Crippen LogP contribution >= 0.6 is 31.9 Å². The first-order valence-electron chi connectivity index (χ1n) is 9.45. The first-order valence-corrected chi connectivity index (χ1v) is 11.0. The smallest absolute Gasteiger partial charge is 0.0708 e. The fourth-order valence-corrected chi connectivity index (χ4v) is 4.77. The highest BCUT2D eigenvalue weighted by molar-refractivity contribution is 9.10. The third-order valence-electron chi connectivity index (χ3n) is 5.57. The molecule has 0 fully saturated rings. The van der Waals surface area contributed by atoms with Crippen LogP contribution in [-0.4, -0.2) is 6.21 Å². The van der Waals surface area contributed by atoms with E-state index in [2.05, 4.69) is 123 Å². The molecule has 1 aliphatic carbocycles. The Labute approximate surface area is 187 Å².